The topological polar surface area (TPSA) is 57.6 Å². The van der Waals surface area contributed by atoms with Crippen LogP contribution >= 0.6 is 0 Å². The Kier molecular flexibility index (Phi) is 5.17. The minimum atomic E-state index is -0.929. The van der Waals surface area contributed by atoms with Crippen molar-refractivity contribution in [1.82, 2.24) is 4.90 Å². The number of carboxylic acids is 1. The minimum Gasteiger partial charge on any atom is -0.478 e. The van der Waals surface area contributed by atoms with Gasteiger partial charge in [-0.15, -0.1) is 0 Å². The minimum absolute atomic E-state index is 0.179. The van der Waals surface area contributed by atoms with E-state index in [0.717, 1.165) is 25.1 Å². The Morgan fingerprint density at radius 2 is 1.84 bits per heavy atom. The number of benzene rings is 2. The van der Waals surface area contributed by atoms with Gasteiger partial charge in [-0.3, -0.25) is 4.79 Å². The quantitative estimate of drug-likeness (QED) is 0.906. The van der Waals surface area contributed by atoms with Gasteiger partial charge in [0.05, 0.1) is 5.56 Å². The van der Waals surface area contributed by atoms with Gasteiger partial charge in [0.25, 0.3) is 0 Å². The maximum atomic E-state index is 12.5. The van der Waals surface area contributed by atoms with Crippen molar-refractivity contribution in [3.8, 4) is 0 Å². The first-order chi connectivity index (χ1) is 12.0. The Labute approximate surface area is 148 Å². The molecule has 1 N–H and O–H groups in total. The monoisotopic (exact) mass is 337 g/mol. The van der Waals surface area contributed by atoms with Crippen LogP contribution in [0.2, 0.25) is 0 Å². The first-order valence-corrected chi connectivity index (χ1v) is 8.70. The molecule has 1 unspecified atom stereocenters. The molecule has 0 saturated carbocycles. The molecular weight excluding hydrogens is 314 g/mol. The molecule has 3 rings (SSSR count). The van der Waals surface area contributed by atoms with E-state index in [1.165, 1.54) is 11.1 Å². The Morgan fingerprint density at radius 3 is 2.52 bits per heavy atom. The number of aromatic carboxylic acids is 1. The highest BCUT2D eigenvalue weighted by atomic mass is 16.4. The fourth-order valence-electron chi connectivity index (χ4n) is 3.51. The number of hydrogen-bond donors (Lipinski definition) is 1. The van der Waals surface area contributed by atoms with Crippen molar-refractivity contribution in [2.75, 3.05) is 13.1 Å². The number of hydrogen-bond acceptors (Lipinski definition) is 2. The summed E-state index contributed by atoms with van der Waals surface area (Å²) < 4.78 is 0. The summed E-state index contributed by atoms with van der Waals surface area (Å²) in [5, 5.41) is 8.91. The predicted octanol–water partition coefficient (Wildman–Crippen LogP) is 3.64. The van der Waals surface area contributed by atoms with E-state index < -0.39 is 5.97 Å². The predicted molar refractivity (Wildman–Crippen MR) is 96.8 cm³/mol. The molecular formula is C21H23NO3. The fourth-order valence-corrected chi connectivity index (χ4v) is 3.51. The highest BCUT2D eigenvalue weighted by Crippen LogP contribution is 2.29. The molecule has 1 amide bonds. The van der Waals surface area contributed by atoms with Crippen LogP contribution in [0.5, 0.6) is 0 Å². The van der Waals surface area contributed by atoms with Crippen LogP contribution < -0.4 is 0 Å². The summed E-state index contributed by atoms with van der Waals surface area (Å²) in [7, 11) is 0. The van der Waals surface area contributed by atoms with E-state index in [2.05, 4.69) is 25.1 Å². The lowest BCUT2D eigenvalue weighted by atomic mass is 9.94. The number of likely N-dealkylation sites (tertiary alicyclic amines) is 1. The first kappa shape index (κ1) is 17.2. The Hall–Kier alpha value is -2.62. The maximum absolute atomic E-state index is 12.5. The van der Waals surface area contributed by atoms with Crippen LogP contribution in [0.4, 0.5) is 0 Å². The smallest absolute Gasteiger partial charge is 0.335 e. The van der Waals surface area contributed by atoms with Gasteiger partial charge >= 0.3 is 5.97 Å². The second kappa shape index (κ2) is 7.51. The third kappa shape index (κ3) is 4.08. The summed E-state index contributed by atoms with van der Waals surface area (Å²) in [6.07, 6.45) is 2.13. The lowest BCUT2D eigenvalue weighted by Gasteiger charge is -2.17. The van der Waals surface area contributed by atoms with E-state index in [0.29, 0.717) is 18.8 Å². The van der Waals surface area contributed by atoms with E-state index in [1.54, 1.807) is 24.3 Å². The fraction of sp³-hybridized carbons (Fsp3) is 0.333. The summed E-state index contributed by atoms with van der Waals surface area (Å²) in [6, 6.07) is 15.2. The number of carboxylic acid groups (broad SMARTS) is 1. The van der Waals surface area contributed by atoms with Gasteiger partial charge in [-0.1, -0.05) is 36.4 Å². The largest absolute Gasteiger partial charge is 0.478 e. The molecule has 25 heavy (non-hydrogen) atoms. The van der Waals surface area contributed by atoms with Crippen LogP contribution in [-0.2, 0) is 11.2 Å². The van der Waals surface area contributed by atoms with Gasteiger partial charge in [0.2, 0.25) is 5.91 Å². The molecule has 1 heterocycles. The van der Waals surface area contributed by atoms with E-state index >= 15 is 0 Å². The van der Waals surface area contributed by atoms with Crippen molar-refractivity contribution >= 4 is 11.9 Å². The lowest BCUT2D eigenvalue weighted by molar-refractivity contribution is -0.130. The van der Waals surface area contributed by atoms with Gasteiger partial charge in [0.1, 0.15) is 0 Å². The average molecular weight is 337 g/mol. The molecule has 0 aromatic heterocycles. The number of carbonyl (C=O) groups excluding carboxylic acids is 1. The van der Waals surface area contributed by atoms with Crippen LogP contribution in [0, 0.1) is 6.92 Å². The molecule has 0 aliphatic carbocycles. The van der Waals surface area contributed by atoms with E-state index in [4.69, 9.17) is 5.11 Å². The molecule has 0 bridgehead atoms. The van der Waals surface area contributed by atoms with E-state index in [9.17, 15) is 9.59 Å². The van der Waals surface area contributed by atoms with Gasteiger partial charge in [-0.25, -0.2) is 4.79 Å². The number of carbonyl (C=O) groups is 2. The molecule has 4 heteroatoms. The summed E-state index contributed by atoms with van der Waals surface area (Å²) >= 11 is 0. The van der Waals surface area contributed by atoms with Crippen molar-refractivity contribution in [2.45, 2.75) is 32.1 Å². The van der Waals surface area contributed by atoms with Crippen LogP contribution in [0.25, 0.3) is 0 Å². The van der Waals surface area contributed by atoms with Crippen molar-refractivity contribution in [3.63, 3.8) is 0 Å². The van der Waals surface area contributed by atoms with Crippen LogP contribution in [0.15, 0.2) is 48.5 Å². The molecule has 1 atom stereocenters. The molecule has 0 spiro atoms. The molecule has 130 valence electrons. The van der Waals surface area contributed by atoms with Crippen molar-refractivity contribution < 1.29 is 14.7 Å². The van der Waals surface area contributed by atoms with Gasteiger partial charge < -0.3 is 10.0 Å². The van der Waals surface area contributed by atoms with E-state index in [1.807, 2.05) is 11.0 Å². The van der Waals surface area contributed by atoms with Gasteiger partial charge in [0.15, 0.2) is 0 Å². The van der Waals surface area contributed by atoms with Crippen molar-refractivity contribution in [3.05, 3.63) is 70.8 Å². The molecule has 4 nitrogen and oxygen atoms in total. The Morgan fingerprint density at radius 1 is 1.12 bits per heavy atom. The van der Waals surface area contributed by atoms with Crippen LogP contribution in [0.1, 0.15) is 45.8 Å². The van der Waals surface area contributed by atoms with Crippen molar-refractivity contribution in [2.24, 2.45) is 0 Å². The summed E-state index contributed by atoms with van der Waals surface area (Å²) in [6.45, 7) is 3.73. The third-order valence-electron chi connectivity index (χ3n) is 5.00. The van der Waals surface area contributed by atoms with Crippen molar-refractivity contribution in [1.29, 1.82) is 0 Å². The SMILES string of the molecule is Cc1ccccc1C1CCN(C(=O)CCc2ccc(C(=O)O)cc2)C1. The van der Waals surface area contributed by atoms with Gasteiger partial charge in [-0.05, 0) is 48.6 Å². The molecule has 1 saturated heterocycles. The summed E-state index contributed by atoms with van der Waals surface area (Å²) in [5.74, 6) is -0.319. The van der Waals surface area contributed by atoms with E-state index in [-0.39, 0.29) is 11.5 Å². The maximum Gasteiger partial charge on any atom is 0.335 e. The number of rotatable bonds is 5. The highest BCUT2D eigenvalue weighted by Gasteiger charge is 2.27. The average Bonchev–Trinajstić information content (AvgIpc) is 3.10. The van der Waals surface area contributed by atoms with Crippen LogP contribution in [-0.4, -0.2) is 35.0 Å². The Balaban J connectivity index is 1.54. The zero-order valence-electron chi connectivity index (χ0n) is 14.4. The molecule has 1 aliphatic heterocycles. The lowest BCUT2D eigenvalue weighted by Crippen LogP contribution is -2.28. The summed E-state index contributed by atoms with van der Waals surface area (Å²) in [4.78, 5) is 25.3. The van der Waals surface area contributed by atoms with Gasteiger partial charge in [-0.2, -0.15) is 0 Å². The zero-order chi connectivity index (χ0) is 17.8. The Bertz CT molecular complexity index is 767. The standard InChI is InChI=1S/C21H23NO3/c1-15-4-2-3-5-19(15)18-12-13-22(14-18)20(23)11-8-16-6-9-17(10-7-16)21(24)25/h2-7,9-10,18H,8,11-14H2,1H3,(H,24,25). The molecule has 2 aromatic rings. The second-order valence-corrected chi connectivity index (χ2v) is 6.68. The number of nitrogens with zero attached hydrogens (tertiary/aromatic N) is 1. The third-order valence-corrected chi connectivity index (χ3v) is 5.00. The summed E-state index contributed by atoms with van der Waals surface area (Å²) in [5.41, 5.74) is 3.91. The molecule has 1 fully saturated rings. The number of amides is 1. The normalized spacial score (nSPS) is 16.8. The number of aryl methyl sites for hydroxylation is 2. The molecule has 2 aromatic carbocycles. The second-order valence-electron chi connectivity index (χ2n) is 6.68. The zero-order valence-corrected chi connectivity index (χ0v) is 14.4. The molecule has 0 radical (unpaired) electrons. The van der Waals surface area contributed by atoms with Gasteiger partial charge in [0, 0.05) is 25.4 Å². The van der Waals surface area contributed by atoms with Crippen LogP contribution in [0.3, 0.4) is 0 Å². The highest BCUT2D eigenvalue weighted by molar-refractivity contribution is 5.87. The molecule has 1 aliphatic rings. The first-order valence-electron chi connectivity index (χ1n) is 8.70.